The molecule has 0 heterocycles. The van der Waals surface area contributed by atoms with E-state index in [1.54, 1.807) is 16.7 Å². The third-order valence-corrected chi connectivity index (χ3v) is 3.86. The Labute approximate surface area is 125 Å². The molecule has 20 heavy (non-hydrogen) atoms. The lowest BCUT2D eigenvalue weighted by atomic mass is 10.1. The molecule has 0 saturated carbocycles. The van der Waals surface area contributed by atoms with Gasteiger partial charge in [-0.1, -0.05) is 11.8 Å². The lowest BCUT2D eigenvalue weighted by molar-refractivity contribution is 0.0757. The van der Waals surface area contributed by atoms with Gasteiger partial charge in [-0.3, -0.25) is 4.79 Å². The summed E-state index contributed by atoms with van der Waals surface area (Å²) in [6.45, 7) is 4.34. The van der Waals surface area contributed by atoms with E-state index in [1.165, 1.54) is 0 Å². The average molecular weight is 290 g/mol. The van der Waals surface area contributed by atoms with Crippen LogP contribution in [0.25, 0.3) is 0 Å². The number of aryl methyl sites for hydroxylation is 1. The molecule has 3 nitrogen and oxygen atoms in total. The maximum absolute atomic E-state index is 12.5. The minimum Gasteiger partial charge on any atom is -0.338 e. The number of hydrogen-bond donors (Lipinski definition) is 1. The first-order valence-electron chi connectivity index (χ1n) is 6.56. The van der Waals surface area contributed by atoms with E-state index in [-0.39, 0.29) is 11.9 Å². The van der Waals surface area contributed by atoms with Crippen molar-refractivity contribution in [2.75, 3.05) is 25.6 Å². The summed E-state index contributed by atoms with van der Waals surface area (Å²) < 4.78 is 0. The van der Waals surface area contributed by atoms with Crippen LogP contribution < -0.4 is 5.73 Å². The van der Waals surface area contributed by atoms with Crippen LogP contribution in [0.5, 0.6) is 0 Å². The van der Waals surface area contributed by atoms with E-state index in [2.05, 4.69) is 18.8 Å². The van der Waals surface area contributed by atoms with E-state index in [1.807, 2.05) is 38.4 Å². The highest BCUT2D eigenvalue weighted by Gasteiger charge is 2.17. The van der Waals surface area contributed by atoms with Gasteiger partial charge in [0, 0.05) is 30.0 Å². The highest BCUT2D eigenvalue weighted by Crippen LogP contribution is 2.13. The molecule has 0 aliphatic carbocycles. The summed E-state index contributed by atoms with van der Waals surface area (Å²) in [5.41, 5.74) is 7.93. The van der Waals surface area contributed by atoms with Gasteiger partial charge >= 0.3 is 0 Å². The van der Waals surface area contributed by atoms with Crippen molar-refractivity contribution in [3.05, 3.63) is 34.9 Å². The number of hydrogen-bond acceptors (Lipinski definition) is 3. The van der Waals surface area contributed by atoms with Crippen LogP contribution >= 0.6 is 11.8 Å². The Hall–Kier alpha value is -1.44. The first kappa shape index (κ1) is 16.6. The molecule has 1 rings (SSSR count). The molecule has 1 aromatic rings. The lowest BCUT2D eigenvalue weighted by Gasteiger charge is -2.24. The summed E-state index contributed by atoms with van der Waals surface area (Å²) in [5.74, 6) is 6.76. The van der Waals surface area contributed by atoms with Gasteiger partial charge in [0.25, 0.3) is 5.91 Å². The van der Waals surface area contributed by atoms with Crippen molar-refractivity contribution in [1.29, 1.82) is 0 Å². The van der Waals surface area contributed by atoms with Gasteiger partial charge in [0.1, 0.15) is 0 Å². The molecule has 0 aliphatic heterocycles. The zero-order valence-electron chi connectivity index (χ0n) is 12.6. The Morgan fingerprint density at radius 2 is 2.15 bits per heavy atom. The molecule has 2 N–H and O–H groups in total. The van der Waals surface area contributed by atoms with Crippen molar-refractivity contribution in [2.24, 2.45) is 5.73 Å². The summed E-state index contributed by atoms with van der Waals surface area (Å²) in [4.78, 5) is 14.3. The van der Waals surface area contributed by atoms with Crippen LogP contribution in [0.2, 0.25) is 0 Å². The molecule has 0 bridgehead atoms. The summed E-state index contributed by atoms with van der Waals surface area (Å²) in [6, 6.07) is 5.90. The van der Waals surface area contributed by atoms with E-state index in [4.69, 9.17) is 5.73 Å². The van der Waals surface area contributed by atoms with E-state index in [0.29, 0.717) is 12.1 Å². The second kappa shape index (κ2) is 7.98. The molecule has 1 unspecified atom stereocenters. The van der Waals surface area contributed by atoms with Crippen LogP contribution in [-0.2, 0) is 0 Å². The van der Waals surface area contributed by atoms with Crippen molar-refractivity contribution >= 4 is 17.7 Å². The maximum Gasteiger partial charge on any atom is 0.253 e. The predicted molar refractivity (Wildman–Crippen MR) is 87.0 cm³/mol. The fourth-order valence-electron chi connectivity index (χ4n) is 1.89. The van der Waals surface area contributed by atoms with Crippen LogP contribution in [0.4, 0.5) is 0 Å². The topological polar surface area (TPSA) is 46.3 Å². The minimum absolute atomic E-state index is 0.0334. The number of rotatable bonds is 4. The molecule has 1 atom stereocenters. The quantitative estimate of drug-likeness (QED) is 0.864. The van der Waals surface area contributed by atoms with Crippen molar-refractivity contribution in [3.63, 3.8) is 0 Å². The first-order valence-corrected chi connectivity index (χ1v) is 7.95. The molecule has 4 heteroatoms. The summed E-state index contributed by atoms with van der Waals surface area (Å²) >= 11 is 1.74. The average Bonchev–Trinajstić information content (AvgIpc) is 2.43. The van der Waals surface area contributed by atoms with Gasteiger partial charge in [-0.15, -0.1) is 0 Å². The molecule has 108 valence electrons. The van der Waals surface area contributed by atoms with E-state index >= 15 is 0 Å². The van der Waals surface area contributed by atoms with Crippen molar-refractivity contribution in [2.45, 2.75) is 19.9 Å². The molecule has 1 aromatic carbocycles. The number of benzene rings is 1. The van der Waals surface area contributed by atoms with Crippen LogP contribution in [0, 0.1) is 18.8 Å². The Balaban J connectivity index is 3.00. The Kier molecular flexibility index (Phi) is 6.63. The second-order valence-corrected chi connectivity index (χ2v) is 5.72. The van der Waals surface area contributed by atoms with Gasteiger partial charge in [0.2, 0.25) is 0 Å². The molecule has 0 radical (unpaired) electrons. The lowest BCUT2D eigenvalue weighted by Crippen LogP contribution is -2.36. The Morgan fingerprint density at radius 3 is 2.75 bits per heavy atom. The molecule has 0 saturated heterocycles. The zero-order valence-corrected chi connectivity index (χ0v) is 13.4. The van der Waals surface area contributed by atoms with Crippen LogP contribution in [0.3, 0.4) is 0 Å². The number of nitrogens with two attached hydrogens (primary N) is 1. The SMILES string of the molecule is CSCC(C)N(C)C(=O)c1cc(C)cc(C#CCN)c1. The second-order valence-electron chi connectivity index (χ2n) is 4.81. The molecule has 0 fully saturated rings. The van der Waals surface area contributed by atoms with Gasteiger partial charge in [0.05, 0.1) is 6.54 Å². The minimum atomic E-state index is 0.0334. The normalized spacial score (nSPS) is 11.4. The molecule has 1 amide bonds. The molecule has 0 spiro atoms. The van der Waals surface area contributed by atoms with Crippen LogP contribution in [0.15, 0.2) is 18.2 Å². The summed E-state index contributed by atoms with van der Waals surface area (Å²) in [7, 11) is 1.84. The van der Waals surface area contributed by atoms with Gasteiger partial charge in [-0.05, 0) is 43.9 Å². The highest BCUT2D eigenvalue weighted by molar-refractivity contribution is 7.98. The third kappa shape index (κ3) is 4.59. The Morgan fingerprint density at radius 1 is 1.45 bits per heavy atom. The van der Waals surface area contributed by atoms with E-state index in [0.717, 1.165) is 16.9 Å². The highest BCUT2D eigenvalue weighted by atomic mass is 32.2. The summed E-state index contributed by atoms with van der Waals surface area (Å²) in [6.07, 6.45) is 2.04. The maximum atomic E-state index is 12.5. The number of carbonyl (C=O) groups is 1. The predicted octanol–water partition coefficient (Wildman–Crippen LogP) is 2.13. The van der Waals surface area contributed by atoms with Crippen LogP contribution in [0.1, 0.15) is 28.4 Å². The fourth-order valence-corrected chi connectivity index (χ4v) is 2.59. The van der Waals surface area contributed by atoms with Gasteiger partial charge in [0.15, 0.2) is 0 Å². The first-order chi connectivity index (χ1) is 9.49. The smallest absolute Gasteiger partial charge is 0.253 e. The van der Waals surface area contributed by atoms with E-state index < -0.39 is 0 Å². The number of nitrogens with zero attached hydrogens (tertiary/aromatic N) is 1. The fraction of sp³-hybridized carbons (Fsp3) is 0.438. The van der Waals surface area contributed by atoms with Gasteiger partial charge in [-0.2, -0.15) is 11.8 Å². The molecular weight excluding hydrogens is 268 g/mol. The van der Waals surface area contributed by atoms with Crippen molar-refractivity contribution < 1.29 is 4.79 Å². The van der Waals surface area contributed by atoms with Gasteiger partial charge < -0.3 is 10.6 Å². The standard InChI is InChI=1S/C16H22N2OS/c1-12-8-14(6-5-7-17)10-15(9-12)16(19)18(3)13(2)11-20-4/h8-10,13H,7,11,17H2,1-4H3. The Bertz CT molecular complexity index is 531. The van der Waals surface area contributed by atoms with Crippen molar-refractivity contribution in [3.8, 4) is 11.8 Å². The number of carbonyl (C=O) groups excluding carboxylic acids is 1. The molecule has 0 aliphatic rings. The van der Waals surface area contributed by atoms with Crippen LogP contribution in [-0.4, -0.2) is 42.4 Å². The van der Waals surface area contributed by atoms with Gasteiger partial charge in [-0.25, -0.2) is 0 Å². The monoisotopic (exact) mass is 290 g/mol. The number of thioether (sulfide) groups is 1. The molecular formula is C16H22N2OS. The summed E-state index contributed by atoms with van der Waals surface area (Å²) in [5, 5.41) is 0. The van der Waals surface area contributed by atoms with E-state index in [9.17, 15) is 4.79 Å². The zero-order chi connectivity index (χ0) is 15.1. The largest absolute Gasteiger partial charge is 0.338 e. The molecule has 0 aromatic heterocycles. The third-order valence-electron chi connectivity index (χ3n) is 3.05. The number of amides is 1. The van der Waals surface area contributed by atoms with Crippen molar-refractivity contribution in [1.82, 2.24) is 4.90 Å².